The summed E-state index contributed by atoms with van der Waals surface area (Å²) in [6.07, 6.45) is 0. The van der Waals surface area contributed by atoms with Gasteiger partial charge in [0.05, 0.1) is 5.56 Å². The summed E-state index contributed by atoms with van der Waals surface area (Å²) < 4.78 is 0. The van der Waals surface area contributed by atoms with Crippen molar-refractivity contribution in [3.05, 3.63) is 60.2 Å². The molecule has 24 heavy (non-hydrogen) atoms. The highest BCUT2D eigenvalue weighted by Gasteiger charge is 2.16. The van der Waals surface area contributed by atoms with Crippen LogP contribution in [-0.2, 0) is 4.79 Å². The molecule has 4 N–H and O–H groups in total. The second-order valence-electron chi connectivity index (χ2n) is 5.49. The molecule has 0 aliphatic rings. The van der Waals surface area contributed by atoms with E-state index in [9.17, 15) is 14.7 Å². The molecule has 0 aliphatic heterocycles. The molecular formula is C19H16N2O3. The van der Waals surface area contributed by atoms with Crippen LogP contribution in [0.2, 0.25) is 0 Å². The number of nitrogens with one attached hydrogen (secondary N) is 1. The third-order valence-electron chi connectivity index (χ3n) is 3.83. The first-order chi connectivity index (χ1) is 11.5. The second-order valence-corrected chi connectivity index (χ2v) is 5.49. The lowest BCUT2D eigenvalue weighted by Crippen LogP contribution is -2.08. The Labute approximate surface area is 138 Å². The Balaban J connectivity index is 2.20. The van der Waals surface area contributed by atoms with E-state index in [-0.39, 0.29) is 11.5 Å². The third-order valence-corrected chi connectivity index (χ3v) is 3.83. The van der Waals surface area contributed by atoms with Crippen LogP contribution in [0.15, 0.2) is 54.6 Å². The zero-order valence-corrected chi connectivity index (χ0v) is 13.0. The molecule has 0 unspecified atom stereocenters. The van der Waals surface area contributed by atoms with Gasteiger partial charge in [0, 0.05) is 29.2 Å². The van der Waals surface area contributed by atoms with Gasteiger partial charge in [-0.3, -0.25) is 4.79 Å². The SMILES string of the molecule is CC(=O)Nc1ccc(-c2ccc3ccccc3c2N)c(C(=O)O)c1. The quantitative estimate of drug-likeness (QED) is 0.641. The molecule has 0 aromatic heterocycles. The minimum atomic E-state index is -1.08. The molecule has 3 rings (SSSR count). The third kappa shape index (κ3) is 2.79. The number of nitrogens with two attached hydrogens (primary N) is 1. The summed E-state index contributed by atoms with van der Waals surface area (Å²) in [6.45, 7) is 1.37. The first-order valence-electron chi connectivity index (χ1n) is 7.40. The van der Waals surface area contributed by atoms with Crippen molar-refractivity contribution in [1.82, 2.24) is 0 Å². The molecule has 0 aliphatic carbocycles. The van der Waals surface area contributed by atoms with Crippen LogP contribution in [0.3, 0.4) is 0 Å². The molecule has 120 valence electrons. The minimum Gasteiger partial charge on any atom is -0.478 e. The lowest BCUT2D eigenvalue weighted by atomic mass is 9.94. The van der Waals surface area contributed by atoms with E-state index in [2.05, 4.69) is 5.32 Å². The summed E-state index contributed by atoms with van der Waals surface area (Å²) in [5.41, 5.74) is 8.49. The number of fused-ring (bicyclic) bond motifs is 1. The maximum Gasteiger partial charge on any atom is 0.336 e. The Bertz CT molecular complexity index is 964. The van der Waals surface area contributed by atoms with Gasteiger partial charge in [0.2, 0.25) is 5.91 Å². The monoisotopic (exact) mass is 320 g/mol. The maximum atomic E-state index is 11.7. The zero-order chi connectivity index (χ0) is 17.3. The van der Waals surface area contributed by atoms with Gasteiger partial charge >= 0.3 is 5.97 Å². The maximum absolute atomic E-state index is 11.7. The molecule has 0 heterocycles. The van der Waals surface area contributed by atoms with Gasteiger partial charge in [0.15, 0.2) is 0 Å². The lowest BCUT2D eigenvalue weighted by molar-refractivity contribution is -0.114. The molecular weight excluding hydrogens is 304 g/mol. The number of carbonyl (C=O) groups excluding carboxylic acids is 1. The van der Waals surface area contributed by atoms with Crippen LogP contribution in [0.25, 0.3) is 21.9 Å². The van der Waals surface area contributed by atoms with Crippen molar-refractivity contribution >= 4 is 34.0 Å². The average Bonchev–Trinajstić information content (AvgIpc) is 2.55. The number of carboxylic acid groups (broad SMARTS) is 1. The van der Waals surface area contributed by atoms with Crippen LogP contribution < -0.4 is 11.1 Å². The number of rotatable bonds is 3. The van der Waals surface area contributed by atoms with E-state index in [1.165, 1.54) is 13.0 Å². The predicted molar refractivity (Wildman–Crippen MR) is 95.1 cm³/mol. The minimum absolute atomic E-state index is 0.0863. The predicted octanol–water partition coefficient (Wildman–Crippen LogP) is 3.75. The lowest BCUT2D eigenvalue weighted by Gasteiger charge is -2.13. The van der Waals surface area contributed by atoms with Crippen molar-refractivity contribution in [3.8, 4) is 11.1 Å². The Kier molecular flexibility index (Phi) is 3.92. The number of aromatic carboxylic acids is 1. The molecule has 0 fully saturated rings. The Morgan fingerprint density at radius 2 is 1.71 bits per heavy atom. The van der Waals surface area contributed by atoms with Crippen LogP contribution in [-0.4, -0.2) is 17.0 Å². The Morgan fingerprint density at radius 1 is 1.00 bits per heavy atom. The van der Waals surface area contributed by atoms with Crippen molar-refractivity contribution < 1.29 is 14.7 Å². The molecule has 0 radical (unpaired) electrons. The largest absolute Gasteiger partial charge is 0.478 e. The highest BCUT2D eigenvalue weighted by Crippen LogP contribution is 2.35. The molecule has 0 bridgehead atoms. The van der Waals surface area contributed by atoms with Crippen LogP contribution >= 0.6 is 0 Å². The second kappa shape index (κ2) is 6.04. The number of nitrogen functional groups attached to an aromatic ring is 1. The highest BCUT2D eigenvalue weighted by molar-refractivity contribution is 6.05. The summed E-state index contributed by atoms with van der Waals surface area (Å²) in [6, 6.07) is 16.2. The van der Waals surface area contributed by atoms with Crippen molar-refractivity contribution in [2.75, 3.05) is 11.1 Å². The van der Waals surface area contributed by atoms with Crippen LogP contribution in [0.4, 0.5) is 11.4 Å². The molecule has 0 saturated carbocycles. The van der Waals surface area contributed by atoms with Gasteiger partial charge in [-0.25, -0.2) is 4.79 Å². The average molecular weight is 320 g/mol. The van der Waals surface area contributed by atoms with Gasteiger partial charge < -0.3 is 16.2 Å². The number of amides is 1. The van der Waals surface area contributed by atoms with Gasteiger partial charge in [-0.05, 0) is 23.1 Å². The zero-order valence-electron chi connectivity index (χ0n) is 13.0. The van der Waals surface area contributed by atoms with Gasteiger partial charge in [-0.1, -0.05) is 42.5 Å². The smallest absolute Gasteiger partial charge is 0.336 e. The van der Waals surface area contributed by atoms with E-state index in [1.807, 2.05) is 36.4 Å². The van der Waals surface area contributed by atoms with E-state index < -0.39 is 5.97 Å². The van der Waals surface area contributed by atoms with Gasteiger partial charge in [0.1, 0.15) is 0 Å². The van der Waals surface area contributed by atoms with Crippen LogP contribution in [0.5, 0.6) is 0 Å². The van der Waals surface area contributed by atoms with Crippen molar-refractivity contribution in [2.24, 2.45) is 0 Å². The highest BCUT2D eigenvalue weighted by atomic mass is 16.4. The molecule has 5 nitrogen and oxygen atoms in total. The normalized spacial score (nSPS) is 10.5. The topological polar surface area (TPSA) is 92.4 Å². The standard InChI is InChI=1S/C19H16N2O3/c1-11(22)21-13-7-9-15(17(10-13)19(23)24)16-8-6-12-4-2-3-5-14(12)18(16)20/h2-10H,20H2,1H3,(H,21,22)(H,23,24). The summed E-state index contributed by atoms with van der Waals surface area (Å²) in [5, 5.41) is 14.0. The fourth-order valence-corrected chi connectivity index (χ4v) is 2.77. The number of hydrogen-bond donors (Lipinski definition) is 3. The number of benzene rings is 3. The van der Waals surface area contributed by atoms with Crippen molar-refractivity contribution in [3.63, 3.8) is 0 Å². The van der Waals surface area contributed by atoms with Gasteiger partial charge in [0.25, 0.3) is 0 Å². The Hall–Kier alpha value is -3.34. The van der Waals surface area contributed by atoms with E-state index in [4.69, 9.17) is 5.73 Å². The summed E-state index contributed by atoms with van der Waals surface area (Å²) in [5.74, 6) is -1.34. The van der Waals surface area contributed by atoms with E-state index >= 15 is 0 Å². The fourth-order valence-electron chi connectivity index (χ4n) is 2.77. The first-order valence-corrected chi connectivity index (χ1v) is 7.40. The summed E-state index contributed by atoms with van der Waals surface area (Å²) in [7, 11) is 0. The summed E-state index contributed by atoms with van der Waals surface area (Å²) >= 11 is 0. The molecule has 0 atom stereocenters. The Morgan fingerprint density at radius 3 is 2.42 bits per heavy atom. The molecule has 3 aromatic rings. The summed E-state index contributed by atoms with van der Waals surface area (Å²) in [4.78, 5) is 22.8. The van der Waals surface area contributed by atoms with E-state index in [0.29, 0.717) is 22.5 Å². The number of hydrogen-bond acceptors (Lipinski definition) is 3. The van der Waals surface area contributed by atoms with E-state index in [0.717, 1.165) is 10.8 Å². The molecule has 3 aromatic carbocycles. The van der Waals surface area contributed by atoms with Gasteiger partial charge in [-0.15, -0.1) is 0 Å². The molecule has 0 spiro atoms. The fraction of sp³-hybridized carbons (Fsp3) is 0.0526. The van der Waals surface area contributed by atoms with Crippen molar-refractivity contribution in [1.29, 1.82) is 0 Å². The van der Waals surface area contributed by atoms with Crippen molar-refractivity contribution in [2.45, 2.75) is 6.92 Å². The van der Waals surface area contributed by atoms with Gasteiger partial charge in [-0.2, -0.15) is 0 Å². The number of anilines is 2. The van der Waals surface area contributed by atoms with Crippen LogP contribution in [0.1, 0.15) is 17.3 Å². The molecule has 0 saturated heterocycles. The first kappa shape index (κ1) is 15.6. The molecule has 5 heteroatoms. The van der Waals surface area contributed by atoms with Crippen LogP contribution in [0, 0.1) is 0 Å². The van der Waals surface area contributed by atoms with E-state index in [1.54, 1.807) is 12.1 Å². The number of carboxylic acids is 1. The number of carbonyl (C=O) groups is 2. The molecule has 1 amide bonds.